The lowest BCUT2D eigenvalue weighted by atomic mass is 9.98. The second-order valence-corrected chi connectivity index (χ2v) is 10.2. The molecule has 6 rings (SSSR count). The number of amides is 1. The summed E-state index contributed by atoms with van der Waals surface area (Å²) in [7, 11) is 3.25. The van der Waals surface area contributed by atoms with Crippen molar-refractivity contribution in [2.75, 3.05) is 19.4 Å². The zero-order valence-corrected chi connectivity index (χ0v) is 19.6. The van der Waals surface area contributed by atoms with Gasteiger partial charge in [0.05, 0.1) is 39.3 Å². The summed E-state index contributed by atoms with van der Waals surface area (Å²) >= 11 is 7.43. The minimum atomic E-state index is -1.18. The van der Waals surface area contributed by atoms with E-state index in [0.717, 1.165) is 4.88 Å². The van der Waals surface area contributed by atoms with Gasteiger partial charge in [0, 0.05) is 20.0 Å². The molecule has 4 aromatic heterocycles. The van der Waals surface area contributed by atoms with Gasteiger partial charge in [0.25, 0.3) is 5.95 Å². The van der Waals surface area contributed by atoms with Gasteiger partial charge in [-0.25, -0.2) is 4.98 Å². The summed E-state index contributed by atoms with van der Waals surface area (Å²) < 4.78 is 3.81. The van der Waals surface area contributed by atoms with E-state index in [1.165, 1.54) is 23.1 Å². The van der Waals surface area contributed by atoms with Crippen LogP contribution in [-0.4, -0.2) is 76.9 Å². The number of aliphatic hydroxyl groups is 2. The molecule has 0 bridgehead atoms. The van der Waals surface area contributed by atoms with Crippen molar-refractivity contribution in [2.45, 2.75) is 24.7 Å². The van der Waals surface area contributed by atoms with Crippen LogP contribution >= 0.6 is 22.9 Å². The number of hydrogen-bond acceptors (Lipinski definition) is 10. The fraction of sp³-hybridized carbons (Fsp3) is 0.400. The molecule has 2 aliphatic rings. The maximum absolute atomic E-state index is 12.5. The standard InChI is InChI=1S/C20H20ClN9O3S/c1-22-16-12-17(26-19(25-16)30-6-9(27-28-30)10-3-4-11(21)34-10)29(7-24-12)13-8-5-20(8,18(33)23-2)15(32)14(13)31/h3-4,6-8,13-15,31-32H,5H2,1-2H3,(H,23,33)(H,22,25,26)/t8?,13-,14+,15?,20-/m1/s1. The average molecular weight is 502 g/mol. The normalized spacial score (nSPS) is 27.7. The Morgan fingerprint density at radius 2 is 2.12 bits per heavy atom. The summed E-state index contributed by atoms with van der Waals surface area (Å²) in [5, 5.41) is 35.6. The van der Waals surface area contributed by atoms with Crippen LogP contribution in [0.4, 0.5) is 5.82 Å². The number of aliphatic hydroxyl groups excluding tert-OH is 2. The highest BCUT2D eigenvalue weighted by Crippen LogP contribution is 2.67. The number of carbonyl (C=O) groups excluding carboxylic acids is 1. The Labute approximate surface area is 201 Å². The van der Waals surface area contributed by atoms with Crippen molar-refractivity contribution in [2.24, 2.45) is 11.3 Å². The number of thiophene rings is 1. The van der Waals surface area contributed by atoms with Gasteiger partial charge in [-0.2, -0.15) is 14.6 Å². The molecule has 2 unspecified atom stereocenters. The topological polar surface area (TPSA) is 156 Å². The van der Waals surface area contributed by atoms with E-state index in [9.17, 15) is 15.0 Å². The van der Waals surface area contributed by atoms with Crippen LogP contribution in [-0.2, 0) is 4.79 Å². The van der Waals surface area contributed by atoms with Gasteiger partial charge in [-0.05, 0) is 18.6 Å². The molecule has 34 heavy (non-hydrogen) atoms. The number of hydrogen-bond donors (Lipinski definition) is 4. The lowest BCUT2D eigenvalue weighted by Crippen LogP contribution is -2.41. The highest BCUT2D eigenvalue weighted by Gasteiger charge is 2.75. The molecule has 14 heteroatoms. The zero-order valence-electron chi connectivity index (χ0n) is 18.0. The SMILES string of the molecule is CNC(=O)[C@]12CC1[C@@H](n1cnc3c(NC)nc(-n4cc(-c5ccc(Cl)s5)nn4)nc31)[C@H](O)C2O. The van der Waals surface area contributed by atoms with Gasteiger partial charge in [0.15, 0.2) is 17.0 Å². The van der Waals surface area contributed by atoms with Gasteiger partial charge >= 0.3 is 0 Å². The second kappa shape index (κ2) is 7.43. The van der Waals surface area contributed by atoms with Crippen LogP contribution in [0.25, 0.3) is 27.7 Å². The molecule has 5 atom stereocenters. The van der Waals surface area contributed by atoms with E-state index in [-0.39, 0.29) is 17.8 Å². The molecule has 1 amide bonds. The van der Waals surface area contributed by atoms with Crippen molar-refractivity contribution in [3.8, 4) is 16.5 Å². The number of rotatable bonds is 5. The fourth-order valence-corrected chi connectivity index (χ4v) is 6.11. The summed E-state index contributed by atoms with van der Waals surface area (Å²) in [6.45, 7) is 0. The highest BCUT2D eigenvalue weighted by molar-refractivity contribution is 7.19. The van der Waals surface area contributed by atoms with Gasteiger partial charge in [-0.3, -0.25) is 4.79 Å². The smallest absolute Gasteiger partial charge is 0.256 e. The van der Waals surface area contributed by atoms with Gasteiger partial charge in [-0.15, -0.1) is 16.4 Å². The lowest BCUT2D eigenvalue weighted by Gasteiger charge is -2.23. The third-order valence-electron chi connectivity index (χ3n) is 6.81. The van der Waals surface area contributed by atoms with E-state index in [0.29, 0.717) is 33.4 Å². The number of halogens is 1. The molecule has 2 aliphatic carbocycles. The Morgan fingerprint density at radius 1 is 1.29 bits per heavy atom. The Balaban J connectivity index is 1.43. The van der Waals surface area contributed by atoms with E-state index in [2.05, 4.69) is 35.9 Å². The van der Waals surface area contributed by atoms with E-state index in [1.807, 2.05) is 6.07 Å². The summed E-state index contributed by atoms with van der Waals surface area (Å²) in [6.07, 6.45) is 1.41. The molecule has 4 aromatic rings. The molecule has 0 aliphatic heterocycles. The molecule has 0 spiro atoms. The van der Waals surface area contributed by atoms with Crippen LogP contribution in [0.3, 0.4) is 0 Å². The monoisotopic (exact) mass is 501 g/mol. The molecule has 176 valence electrons. The predicted molar refractivity (Wildman–Crippen MR) is 124 cm³/mol. The van der Waals surface area contributed by atoms with Crippen molar-refractivity contribution in [1.82, 2.24) is 39.8 Å². The average Bonchev–Trinajstić information content (AvgIpc) is 3.26. The molecule has 2 fully saturated rings. The van der Waals surface area contributed by atoms with Crippen molar-refractivity contribution >= 4 is 45.8 Å². The van der Waals surface area contributed by atoms with Crippen LogP contribution in [0.5, 0.6) is 0 Å². The quantitative estimate of drug-likeness (QED) is 0.311. The maximum atomic E-state index is 12.5. The number of nitrogens with zero attached hydrogens (tertiary/aromatic N) is 7. The number of nitrogens with one attached hydrogen (secondary N) is 2. The largest absolute Gasteiger partial charge is 0.389 e. The first-order valence-electron chi connectivity index (χ1n) is 10.6. The summed E-state index contributed by atoms with van der Waals surface area (Å²) in [5.41, 5.74) is 0.570. The summed E-state index contributed by atoms with van der Waals surface area (Å²) in [4.78, 5) is 27.0. The van der Waals surface area contributed by atoms with Crippen molar-refractivity contribution in [3.63, 3.8) is 0 Å². The Morgan fingerprint density at radius 3 is 2.82 bits per heavy atom. The number of carbonyl (C=O) groups is 1. The Hall–Kier alpha value is -3.13. The van der Waals surface area contributed by atoms with Gasteiger partial charge < -0.3 is 25.4 Å². The van der Waals surface area contributed by atoms with Gasteiger partial charge in [-0.1, -0.05) is 16.8 Å². The summed E-state index contributed by atoms with van der Waals surface area (Å²) in [5.74, 6) is 0.205. The Kier molecular flexibility index (Phi) is 4.68. The second-order valence-electron chi connectivity index (χ2n) is 8.45. The first kappa shape index (κ1) is 21.4. The number of aromatic nitrogens is 7. The van der Waals surface area contributed by atoms with Gasteiger partial charge in [0.1, 0.15) is 11.8 Å². The zero-order chi connectivity index (χ0) is 23.8. The van der Waals surface area contributed by atoms with Crippen LogP contribution < -0.4 is 10.6 Å². The maximum Gasteiger partial charge on any atom is 0.256 e. The molecule has 4 heterocycles. The highest BCUT2D eigenvalue weighted by atomic mass is 35.5. The molecule has 0 aromatic carbocycles. The summed E-state index contributed by atoms with van der Waals surface area (Å²) in [6, 6.07) is 3.09. The van der Waals surface area contributed by atoms with E-state index in [1.54, 1.807) is 30.2 Å². The van der Waals surface area contributed by atoms with E-state index < -0.39 is 23.7 Å². The fourth-order valence-electron chi connectivity index (χ4n) is 5.11. The molecule has 4 N–H and O–H groups in total. The van der Waals surface area contributed by atoms with Crippen molar-refractivity contribution in [1.29, 1.82) is 0 Å². The third-order valence-corrected chi connectivity index (χ3v) is 8.07. The first-order valence-corrected chi connectivity index (χ1v) is 11.8. The number of fused-ring (bicyclic) bond motifs is 2. The third kappa shape index (κ3) is 2.84. The minimum absolute atomic E-state index is 0.243. The molecular weight excluding hydrogens is 482 g/mol. The van der Waals surface area contributed by atoms with E-state index in [4.69, 9.17) is 11.6 Å². The molecule has 12 nitrogen and oxygen atoms in total. The number of anilines is 1. The van der Waals surface area contributed by atoms with Crippen LogP contribution in [0, 0.1) is 11.3 Å². The molecule has 2 saturated carbocycles. The Bertz CT molecular complexity index is 1430. The van der Waals surface area contributed by atoms with Crippen LogP contribution in [0.1, 0.15) is 12.5 Å². The minimum Gasteiger partial charge on any atom is -0.389 e. The van der Waals surface area contributed by atoms with Crippen LogP contribution in [0.2, 0.25) is 4.34 Å². The van der Waals surface area contributed by atoms with Crippen LogP contribution in [0.15, 0.2) is 24.7 Å². The number of imidazole rings is 1. The molecular formula is C20H20ClN9O3S. The van der Waals surface area contributed by atoms with E-state index >= 15 is 0 Å². The molecule has 0 radical (unpaired) electrons. The van der Waals surface area contributed by atoms with Crippen molar-refractivity contribution in [3.05, 3.63) is 29.0 Å². The predicted octanol–water partition coefficient (Wildman–Crippen LogP) is 0.859. The van der Waals surface area contributed by atoms with Gasteiger partial charge in [0.2, 0.25) is 5.91 Å². The molecule has 0 saturated heterocycles. The van der Waals surface area contributed by atoms with Crippen molar-refractivity contribution < 1.29 is 15.0 Å². The lowest BCUT2D eigenvalue weighted by molar-refractivity contribution is -0.132. The first-order chi connectivity index (χ1) is 16.4.